The lowest BCUT2D eigenvalue weighted by Gasteiger charge is -2.20. The van der Waals surface area contributed by atoms with Crippen molar-refractivity contribution in [3.05, 3.63) is 34.3 Å². The van der Waals surface area contributed by atoms with Crippen molar-refractivity contribution in [3.8, 4) is 0 Å². The Labute approximate surface area is 118 Å². The van der Waals surface area contributed by atoms with Crippen molar-refractivity contribution in [2.24, 2.45) is 0 Å². The van der Waals surface area contributed by atoms with E-state index in [-0.39, 0.29) is 16.5 Å². The second-order valence-electron chi connectivity index (χ2n) is 5.40. The second-order valence-corrected chi connectivity index (χ2v) is 5.80. The van der Waals surface area contributed by atoms with E-state index < -0.39 is 11.6 Å². The molecule has 0 aliphatic heterocycles. The van der Waals surface area contributed by atoms with Crippen LogP contribution >= 0.6 is 11.6 Å². The van der Waals surface area contributed by atoms with Gasteiger partial charge in [-0.1, -0.05) is 11.6 Å². The summed E-state index contributed by atoms with van der Waals surface area (Å²) in [6.45, 7) is 5.34. The third-order valence-electron chi connectivity index (χ3n) is 2.24. The quantitative estimate of drug-likeness (QED) is 0.784. The Hall–Kier alpha value is -1.55. The van der Waals surface area contributed by atoms with Gasteiger partial charge in [0.15, 0.2) is 0 Å². The Morgan fingerprint density at radius 2 is 1.79 bits per heavy atom. The lowest BCUT2D eigenvalue weighted by atomic mass is 10.1. The number of halogens is 1. The number of hydrogen-bond donors (Lipinski definition) is 0. The molecule has 0 aliphatic carbocycles. The Balaban J connectivity index is 3.01. The lowest BCUT2D eigenvalue weighted by molar-refractivity contribution is 0.00695. The van der Waals surface area contributed by atoms with E-state index in [1.165, 1.54) is 17.0 Å². The summed E-state index contributed by atoms with van der Waals surface area (Å²) in [5.74, 6) is -0.668. The van der Waals surface area contributed by atoms with Gasteiger partial charge in [-0.05, 0) is 39.0 Å². The van der Waals surface area contributed by atoms with E-state index in [0.717, 1.165) is 0 Å². The van der Waals surface area contributed by atoms with Crippen LogP contribution in [0.4, 0.5) is 0 Å². The van der Waals surface area contributed by atoms with Crippen LogP contribution in [0.15, 0.2) is 18.2 Å². The second kappa shape index (κ2) is 5.61. The van der Waals surface area contributed by atoms with Gasteiger partial charge in [-0.3, -0.25) is 4.79 Å². The number of carbonyl (C=O) groups excluding carboxylic acids is 2. The SMILES string of the molecule is CN(C)C(=O)c1ccc(C(=O)OC(C)(C)C)c(Cl)c1. The van der Waals surface area contributed by atoms with Gasteiger partial charge in [-0.2, -0.15) is 0 Å². The zero-order valence-corrected chi connectivity index (χ0v) is 12.5. The van der Waals surface area contributed by atoms with Crippen LogP contribution in [0, 0.1) is 0 Å². The van der Waals surface area contributed by atoms with Crippen LogP contribution in [0.25, 0.3) is 0 Å². The summed E-state index contributed by atoms with van der Waals surface area (Å²) >= 11 is 6.03. The van der Waals surface area contributed by atoms with Crippen LogP contribution in [0.3, 0.4) is 0 Å². The van der Waals surface area contributed by atoms with Crippen molar-refractivity contribution < 1.29 is 14.3 Å². The molecule has 0 fully saturated rings. The molecule has 0 aliphatic rings. The number of carbonyl (C=O) groups is 2. The van der Waals surface area contributed by atoms with Crippen LogP contribution in [-0.2, 0) is 4.74 Å². The molecule has 104 valence electrons. The third-order valence-corrected chi connectivity index (χ3v) is 2.55. The van der Waals surface area contributed by atoms with Crippen LogP contribution in [-0.4, -0.2) is 36.5 Å². The highest BCUT2D eigenvalue weighted by Gasteiger charge is 2.21. The highest BCUT2D eigenvalue weighted by Crippen LogP contribution is 2.21. The van der Waals surface area contributed by atoms with Crippen LogP contribution in [0.1, 0.15) is 41.5 Å². The van der Waals surface area contributed by atoms with Crippen molar-refractivity contribution in [2.75, 3.05) is 14.1 Å². The predicted molar refractivity (Wildman–Crippen MR) is 74.6 cm³/mol. The Morgan fingerprint density at radius 1 is 1.21 bits per heavy atom. The fourth-order valence-electron chi connectivity index (χ4n) is 1.40. The maximum absolute atomic E-state index is 11.9. The maximum Gasteiger partial charge on any atom is 0.340 e. The number of esters is 1. The van der Waals surface area contributed by atoms with Gasteiger partial charge in [0.05, 0.1) is 10.6 Å². The molecule has 0 unspecified atom stereocenters. The molecule has 0 N–H and O–H groups in total. The van der Waals surface area contributed by atoms with E-state index in [1.54, 1.807) is 40.9 Å². The van der Waals surface area contributed by atoms with E-state index in [1.807, 2.05) is 0 Å². The number of hydrogen-bond acceptors (Lipinski definition) is 3. The van der Waals surface area contributed by atoms with Gasteiger partial charge < -0.3 is 9.64 Å². The fraction of sp³-hybridized carbons (Fsp3) is 0.429. The van der Waals surface area contributed by atoms with Crippen molar-refractivity contribution in [2.45, 2.75) is 26.4 Å². The van der Waals surface area contributed by atoms with Gasteiger partial charge in [0.2, 0.25) is 0 Å². The van der Waals surface area contributed by atoms with E-state index in [0.29, 0.717) is 5.56 Å². The molecule has 0 saturated carbocycles. The van der Waals surface area contributed by atoms with Crippen molar-refractivity contribution in [1.82, 2.24) is 4.90 Å². The number of ether oxygens (including phenoxy) is 1. The first-order valence-corrected chi connectivity index (χ1v) is 6.24. The molecule has 1 amide bonds. The van der Waals surface area contributed by atoms with E-state index >= 15 is 0 Å². The molecule has 1 rings (SSSR count). The number of nitrogens with zero attached hydrogens (tertiary/aromatic N) is 1. The van der Waals surface area contributed by atoms with Crippen molar-refractivity contribution in [3.63, 3.8) is 0 Å². The molecule has 19 heavy (non-hydrogen) atoms. The molecular weight excluding hydrogens is 266 g/mol. The lowest BCUT2D eigenvalue weighted by Crippen LogP contribution is -2.24. The van der Waals surface area contributed by atoms with Crippen LogP contribution in [0.2, 0.25) is 5.02 Å². The summed E-state index contributed by atoms with van der Waals surface area (Å²) < 4.78 is 5.23. The average molecular weight is 284 g/mol. The predicted octanol–water partition coefficient (Wildman–Crippen LogP) is 3.00. The highest BCUT2D eigenvalue weighted by molar-refractivity contribution is 6.34. The summed E-state index contributed by atoms with van der Waals surface area (Å²) in [5.41, 5.74) is 0.104. The van der Waals surface area contributed by atoms with Gasteiger partial charge in [-0.25, -0.2) is 4.79 Å². The molecule has 0 radical (unpaired) electrons. The molecule has 0 atom stereocenters. The number of amides is 1. The van der Waals surface area contributed by atoms with Gasteiger partial charge in [0.1, 0.15) is 5.60 Å². The van der Waals surface area contributed by atoms with Gasteiger partial charge in [0, 0.05) is 19.7 Å². The first kappa shape index (κ1) is 15.5. The first-order valence-electron chi connectivity index (χ1n) is 5.86. The molecule has 0 heterocycles. The molecule has 0 spiro atoms. The third kappa shape index (κ3) is 4.24. The zero-order valence-electron chi connectivity index (χ0n) is 11.8. The molecule has 0 bridgehead atoms. The van der Waals surface area contributed by atoms with Gasteiger partial charge >= 0.3 is 5.97 Å². The van der Waals surface area contributed by atoms with Crippen molar-refractivity contribution >= 4 is 23.5 Å². The molecular formula is C14H18ClNO3. The number of rotatable bonds is 2. The minimum atomic E-state index is -0.585. The summed E-state index contributed by atoms with van der Waals surface area (Å²) in [5, 5.41) is 0.210. The van der Waals surface area contributed by atoms with Crippen molar-refractivity contribution in [1.29, 1.82) is 0 Å². The Morgan fingerprint density at radius 3 is 2.21 bits per heavy atom. The average Bonchev–Trinajstić information content (AvgIpc) is 2.25. The maximum atomic E-state index is 11.9. The molecule has 1 aromatic carbocycles. The molecule has 0 aromatic heterocycles. The normalized spacial score (nSPS) is 11.1. The van der Waals surface area contributed by atoms with E-state index in [9.17, 15) is 9.59 Å². The van der Waals surface area contributed by atoms with Gasteiger partial charge in [-0.15, -0.1) is 0 Å². The minimum absolute atomic E-state index is 0.169. The monoisotopic (exact) mass is 283 g/mol. The van der Waals surface area contributed by atoms with Crippen LogP contribution in [0.5, 0.6) is 0 Å². The van der Waals surface area contributed by atoms with Crippen LogP contribution < -0.4 is 0 Å². The fourth-order valence-corrected chi connectivity index (χ4v) is 1.66. The van der Waals surface area contributed by atoms with E-state index in [2.05, 4.69) is 0 Å². The molecule has 5 heteroatoms. The first-order chi connectivity index (χ1) is 8.61. The minimum Gasteiger partial charge on any atom is -0.456 e. The summed E-state index contributed by atoms with van der Waals surface area (Å²) in [6, 6.07) is 4.55. The Kier molecular flexibility index (Phi) is 4.58. The van der Waals surface area contributed by atoms with E-state index in [4.69, 9.17) is 16.3 Å². The van der Waals surface area contributed by atoms with Gasteiger partial charge in [0.25, 0.3) is 5.91 Å². The summed E-state index contributed by atoms with van der Waals surface area (Å²) in [6.07, 6.45) is 0. The standard InChI is InChI=1S/C14H18ClNO3/c1-14(2,3)19-13(18)10-7-6-9(8-11(10)15)12(17)16(4)5/h6-8H,1-5H3. The molecule has 0 saturated heterocycles. The highest BCUT2D eigenvalue weighted by atomic mass is 35.5. The smallest absolute Gasteiger partial charge is 0.340 e. The zero-order chi connectivity index (χ0) is 14.8. The summed E-state index contributed by atoms with van der Waals surface area (Å²) in [4.78, 5) is 25.1. The molecule has 1 aromatic rings. The Bertz CT molecular complexity index is 504. The summed E-state index contributed by atoms with van der Waals surface area (Å²) in [7, 11) is 3.30. The molecule has 4 nitrogen and oxygen atoms in total. The largest absolute Gasteiger partial charge is 0.456 e. The number of benzene rings is 1. The topological polar surface area (TPSA) is 46.6 Å².